The van der Waals surface area contributed by atoms with Gasteiger partial charge in [0.25, 0.3) is 0 Å². The maximum absolute atomic E-state index is 13.4. The lowest BCUT2D eigenvalue weighted by atomic mass is 10.1. The molecular weight excluding hydrogens is 346 g/mol. The maximum atomic E-state index is 13.4. The van der Waals surface area contributed by atoms with Crippen molar-refractivity contribution in [2.75, 3.05) is 10.6 Å². The van der Waals surface area contributed by atoms with Crippen molar-refractivity contribution >= 4 is 11.8 Å². The second kappa shape index (κ2) is 7.70. The van der Waals surface area contributed by atoms with E-state index in [9.17, 15) is 8.78 Å². The Morgan fingerprint density at radius 1 is 0.889 bits per heavy atom. The summed E-state index contributed by atoms with van der Waals surface area (Å²) in [6, 6.07) is 15.0. The zero-order valence-electron chi connectivity index (χ0n) is 15.6. The van der Waals surface area contributed by atoms with Gasteiger partial charge in [-0.2, -0.15) is 4.98 Å². The molecule has 3 rings (SSSR count). The van der Waals surface area contributed by atoms with Gasteiger partial charge in [-0.25, -0.2) is 13.8 Å². The molecule has 0 atom stereocenters. The van der Waals surface area contributed by atoms with E-state index in [0.29, 0.717) is 17.3 Å². The number of benzene rings is 2. The third-order valence-corrected chi connectivity index (χ3v) is 3.68. The van der Waals surface area contributed by atoms with Crippen LogP contribution in [0.15, 0.2) is 54.6 Å². The van der Waals surface area contributed by atoms with Crippen LogP contribution in [0.3, 0.4) is 0 Å². The smallest absolute Gasteiger partial charge is 0.225 e. The van der Waals surface area contributed by atoms with Crippen LogP contribution in [-0.2, 0) is 6.54 Å². The largest absolute Gasteiger partial charge is 0.366 e. The molecule has 4 nitrogen and oxygen atoms in total. The number of nitrogens with zero attached hydrogens (tertiary/aromatic N) is 2. The third kappa shape index (κ3) is 5.48. The van der Waals surface area contributed by atoms with Crippen LogP contribution in [0.1, 0.15) is 26.3 Å². The Labute approximate surface area is 157 Å². The molecule has 1 heterocycles. The normalized spacial score (nSPS) is 11.3. The molecule has 0 saturated heterocycles. The van der Waals surface area contributed by atoms with Gasteiger partial charge >= 0.3 is 0 Å². The van der Waals surface area contributed by atoms with E-state index in [-0.39, 0.29) is 12.1 Å². The Morgan fingerprint density at radius 3 is 2.19 bits per heavy atom. The van der Waals surface area contributed by atoms with Crippen molar-refractivity contribution in [3.63, 3.8) is 0 Å². The van der Waals surface area contributed by atoms with Gasteiger partial charge in [-0.3, -0.25) is 0 Å². The van der Waals surface area contributed by atoms with Crippen LogP contribution in [0.25, 0.3) is 11.3 Å². The molecule has 0 bridgehead atoms. The Morgan fingerprint density at radius 2 is 1.56 bits per heavy atom. The molecule has 0 spiro atoms. The summed E-state index contributed by atoms with van der Waals surface area (Å²) in [5.41, 5.74) is 2.00. The molecule has 2 N–H and O–H groups in total. The summed E-state index contributed by atoms with van der Waals surface area (Å²) in [6.07, 6.45) is 0. The van der Waals surface area contributed by atoms with Gasteiger partial charge in [0.1, 0.15) is 17.5 Å². The molecule has 0 saturated carbocycles. The lowest BCUT2D eigenvalue weighted by molar-refractivity contribution is 0.580. The van der Waals surface area contributed by atoms with E-state index >= 15 is 0 Å². The van der Waals surface area contributed by atoms with E-state index in [1.165, 1.54) is 12.1 Å². The molecule has 27 heavy (non-hydrogen) atoms. The van der Waals surface area contributed by atoms with Crippen LogP contribution in [0.4, 0.5) is 20.5 Å². The molecule has 3 aromatic rings. The molecule has 0 unspecified atom stereocenters. The Kier molecular flexibility index (Phi) is 5.35. The van der Waals surface area contributed by atoms with Gasteiger partial charge in [0.05, 0.1) is 5.69 Å². The van der Waals surface area contributed by atoms with E-state index in [1.807, 2.05) is 57.2 Å². The van der Waals surface area contributed by atoms with Gasteiger partial charge in [0.15, 0.2) is 0 Å². The lowest BCUT2D eigenvalue weighted by Gasteiger charge is -2.21. The molecule has 0 aliphatic carbocycles. The average Bonchev–Trinajstić information content (AvgIpc) is 2.58. The zero-order valence-corrected chi connectivity index (χ0v) is 15.6. The first-order valence-electron chi connectivity index (χ1n) is 8.70. The molecule has 0 aliphatic rings. The molecule has 0 amide bonds. The summed E-state index contributed by atoms with van der Waals surface area (Å²) < 4.78 is 26.8. The summed E-state index contributed by atoms with van der Waals surface area (Å²) in [5.74, 6) is -0.152. The predicted octanol–water partition coefficient (Wildman–Crippen LogP) is 5.24. The van der Waals surface area contributed by atoms with Crippen molar-refractivity contribution in [1.82, 2.24) is 9.97 Å². The Hall–Kier alpha value is -3.02. The summed E-state index contributed by atoms with van der Waals surface area (Å²) in [5, 5.41) is 6.39. The maximum Gasteiger partial charge on any atom is 0.225 e. The molecular formula is C21H22F2N4. The molecule has 1 aromatic heterocycles. The monoisotopic (exact) mass is 368 g/mol. The van der Waals surface area contributed by atoms with Crippen LogP contribution in [0.2, 0.25) is 0 Å². The molecule has 140 valence electrons. The van der Waals surface area contributed by atoms with Gasteiger partial charge in [0.2, 0.25) is 5.95 Å². The molecule has 0 fully saturated rings. The SMILES string of the molecule is CC(C)(C)Nc1nc(NCc2cc(F)cc(F)c2)cc(-c2ccccc2)n1. The van der Waals surface area contributed by atoms with Gasteiger partial charge in [-0.15, -0.1) is 0 Å². The average molecular weight is 368 g/mol. The molecule has 0 aliphatic heterocycles. The number of aromatic nitrogens is 2. The summed E-state index contributed by atoms with van der Waals surface area (Å²) >= 11 is 0. The summed E-state index contributed by atoms with van der Waals surface area (Å²) in [4.78, 5) is 9.07. The fraction of sp³-hybridized carbons (Fsp3) is 0.238. The third-order valence-electron chi connectivity index (χ3n) is 3.68. The van der Waals surface area contributed by atoms with E-state index < -0.39 is 11.6 Å². The second-order valence-electron chi connectivity index (χ2n) is 7.33. The van der Waals surface area contributed by atoms with Crippen LogP contribution < -0.4 is 10.6 Å². The highest BCUT2D eigenvalue weighted by atomic mass is 19.1. The van der Waals surface area contributed by atoms with Crippen molar-refractivity contribution in [2.24, 2.45) is 0 Å². The number of hydrogen-bond donors (Lipinski definition) is 2. The zero-order chi connectivity index (χ0) is 19.4. The number of halogens is 2. The standard InChI is InChI=1S/C21H22F2N4/c1-21(2,3)27-20-25-18(15-7-5-4-6-8-15)12-19(26-20)24-13-14-9-16(22)11-17(23)10-14/h4-12H,13H2,1-3H3,(H2,24,25,26,27). The highest BCUT2D eigenvalue weighted by Gasteiger charge is 2.14. The number of rotatable bonds is 5. The Balaban J connectivity index is 1.89. The van der Waals surface area contributed by atoms with Crippen molar-refractivity contribution in [1.29, 1.82) is 0 Å². The van der Waals surface area contributed by atoms with Gasteiger partial charge in [-0.05, 0) is 38.5 Å². The second-order valence-corrected chi connectivity index (χ2v) is 7.33. The predicted molar refractivity (Wildman–Crippen MR) is 105 cm³/mol. The lowest BCUT2D eigenvalue weighted by Crippen LogP contribution is -2.27. The number of nitrogens with one attached hydrogen (secondary N) is 2. The minimum atomic E-state index is -0.602. The summed E-state index contributed by atoms with van der Waals surface area (Å²) in [7, 11) is 0. The van der Waals surface area contributed by atoms with Crippen molar-refractivity contribution in [2.45, 2.75) is 32.9 Å². The van der Waals surface area contributed by atoms with E-state index in [0.717, 1.165) is 17.3 Å². The first kappa shape index (κ1) is 18.8. The topological polar surface area (TPSA) is 49.8 Å². The van der Waals surface area contributed by atoms with Crippen molar-refractivity contribution < 1.29 is 8.78 Å². The molecule has 2 aromatic carbocycles. The minimum Gasteiger partial charge on any atom is -0.366 e. The molecule has 0 radical (unpaired) electrons. The van der Waals surface area contributed by atoms with Crippen LogP contribution in [-0.4, -0.2) is 15.5 Å². The van der Waals surface area contributed by atoms with Crippen LogP contribution >= 0.6 is 0 Å². The summed E-state index contributed by atoms with van der Waals surface area (Å²) in [6.45, 7) is 6.31. The van der Waals surface area contributed by atoms with Gasteiger partial charge < -0.3 is 10.6 Å². The Bertz CT molecular complexity index is 901. The highest BCUT2D eigenvalue weighted by Crippen LogP contribution is 2.23. The fourth-order valence-electron chi connectivity index (χ4n) is 2.59. The van der Waals surface area contributed by atoms with E-state index in [1.54, 1.807) is 0 Å². The fourth-order valence-corrected chi connectivity index (χ4v) is 2.59. The quantitative estimate of drug-likeness (QED) is 0.646. The van der Waals surface area contributed by atoms with Gasteiger partial charge in [-0.1, -0.05) is 30.3 Å². The number of hydrogen-bond acceptors (Lipinski definition) is 4. The van der Waals surface area contributed by atoms with E-state index in [2.05, 4.69) is 20.6 Å². The minimum absolute atomic E-state index is 0.210. The van der Waals surface area contributed by atoms with Crippen LogP contribution in [0.5, 0.6) is 0 Å². The van der Waals surface area contributed by atoms with Crippen molar-refractivity contribution in [3.8, 4) is 11.3 Å². The highest BCUT2D eigenvalue weighted by molar-refractivity contribution is 5.64. The first-order valence-corrected chi connectivity index (χ1v) is 8.70. The van der Waals surface area contributed by atoms with Gasteiger partial charge in [0, 0.05) is 29.8 Å². The molecule has 6 heteroatoms. The van der Waals surface area contributed by atoms with E-state index in [4.69, 9.17) is 0 Å². The number of anilines is 2. The first-order chi connectivity index (χ1) is 12.8. The van der Waals surface area contributed by atoms with Crippen LogP contribution in [0, 0.1) is 11.6 Å². The van der Waals surface area contributed by atoms with Crippen molar-refractivity contribution in [3.05, 3.63) is 71.8 Å².